The summed E-state index contributed by atoms with van der Waals surface area (Å²) >= 11 is 0. The van der Waals surface area contributed by atoms with Crippen molar-refractivity contribution in [1.29, 1.82) is 0 Å². The summed E-state index contributed by atoms with van der Waals surface area (Å²) in [6, 6.07) is 0. The Morgan fingerprint density at radius 1 is 0.353 bits per heavy atom. The van der Waals surface area contributed by atoms with Crippen LogP contribution in [0.25, 0.3) is 0 Å². The molecule has 0 spiro atoms. The Hall–Kier alpha value is 0.519. The van der Waals surface area contributed by atoms with Gasteiger partial charge in [-0.05, 0) is 11.8 Å². The molecule has 2 rings (SSSR count). The molecule has 0 aromatic heterocycles. The van der Waals surface area contributed by atoms with Gasteiger partial charge in [-0.2, -0.15) is 0 Å². The average molecular weight is 277 g/mol. The van der Waals surface area contributed by atoms with Crippen molar-refractivity contribution in [2.45, 2.75) is 89.9 Å². The maximum atomic E-state index is 1.56. The zero-order valence-electron chi connectivity index (χ0n) is 11.4. The van der Waals surface area contributed by atoms with Crippen molar-refractivity contribution < 1.29 is 17.1 Å². The minimum Gasteiger partial charge on any atom is -0.0533 e. The Kier molecular flexibility index (Phi) is 8.66. The number of rotatable bonds is 0. The predicted octanol–water partition coefficient (Wildman–Crippen LogP) is 5.70. The van der Waals surface area contributed by atoms with E-state index in [-0.39, 0.29) is 17.1 Å². The summed E-state index contributed by atoms with van der Waals surface area (Å²) in [5.41, 5.74) is 0. The molecule has 2 bridgehead atoms. The molecule has 0 amide bonds. The van der Waals surface area contributed by atoms with E-state index in [9.17, 15) is 0 Å². The molecule has 0 aromatic rings. The van der Waals surface area contributed by atoms with Crippen LogP contribution >= 0.6 is 0 Å². The van der Waals surface area contributed by atoms with E-state index in [4.69, 9.17) is 0 Å². The van der Waals surface area contributed by atoms with Crippen LogP contribution in [0.15, 0.2) is 0 Å². The molecule has 17 heavy (non-hydrogen) atoms. The van der Waals surface area contributed by atoms with Gasteiger partial charge < -0.3 is 0 Å². The molecule has 0 aromatic carbocycles. The minimum atomic E-state index is 0. The summed E-state index contributed by atoms with van der Waals surface area (Å²) in [5.74, 6) is 2.19. The maximum Gasteiger partial charge on any atom is 2.00 e. The normalized spacial score (nSPS) is 32.5. The summed E-state index contributed by atoms with van der Waals surface area (Å²) in [5, 5.41) is 0. The van der Waals surface area contributed by atoms with Gasteiger partial charge in [0.1, 0.15) is 0 Å². The smallest absolute Gasteiger partial charge is 0.0533 e. The van der Waals surface area contributed by atoms with Crippen molar-refractivity contribution >= 4 is 0 Å². The van der Waals surface area contributed by atoms with Crippen LogP contribution in [-0.2, 0) is 17.1 Å². The first-order valence-electron chi connectivity index (χ1n) is 7.95. The van der Waals surface area contributed by atoms with Crippen LogP contribution in [0, 0.1) is 11.8 Å². The SMILES string of the molecule is C1CCCC2CCCCCCC(CC1)CC2.[Mn+2]. The molecular formula is C16H30Mn+2. The van der Waals surface area contributed by atoms with Crippen molar-refractivity contribution in [2.24, 2.45) is 11.8 Å². The molecular weight excluding hydrogens is 247 g/mol. The molecule has 0 unspecified atom stereocenters. The van der Waals surface area contributed by atoms with E-state index in [1.807, 2.05) is 0 Å². The Bertz CT molecular complexity index is 142. The van der Waals surface area contributed by atoms with Gasteiger partial charge in [0, 0.05) is 0 Å². The van der Waals surface area contributed by atoms with E-state index in [1.54, 1.807) is 38.5 Å². The molecule has 0 aliphatic heterocycles. The van der Waals surface area contributed by atoms with Gasteiger partial charge in [0.05, 0.1) is 0 Å². The molecule has 2 aliphatic carbocycles. The first kappa shape index (κ1) is 15.6. The fraction of sp³-hybridized carbons (Fsp3) is 1.00. The van der Waals surface area contributed by atoms with Crippen molar-refractivity contribution in [2.75, 3.05) is 0 Å². The Morgan fingerprint density at radius 2 is 0.647 bits per heavy atom. The van der Waals surface area contributed by atoms with Crippen molar-refractivity contribution in [1.82, 2.24) is 0 Å². The van der Waals surface area contributed by atoms with Crippen molar-refractivity contribution in [3.8, 4) is 0 Å². The zero-order valence-corrected chi connectivity index (χ0v) is 12.6. The van der Waals surface area contributed by atoms with Crippen LogP contribution in [-0.4, -0.2) is 0 Å². The topological polar surface area (TPSA) is 0 Å². The zero-order chi connectivity index (χ0) is 11.1. The minimum absolute atomic E-state index is 0. The monoisotopic (exact) mass is 277 g/mol. The largest absolute Gasteiger partial charge is 2.00 e. The molecule has 99 valence electrons. The number of hydrogen-bond acceptors (Lipinski definition) is 0. The number of hydrogen-bond donors (Lipinski definition) is 0. The van der Waals surface area contributed by atoms with Gasteiger partial charge >= 0.3 is 17.1 Å². The van der Waals surface area contributed by atoms with Crippen LogP contribution in [0.1, 0.15) is 89.9 Å². The van der Waals surface area contributed by atoms with Gasteiger partial charge in [-0.25, -0.2) is 0 Å². The average Bonchev–Trinajstić information content (AvgIpc) is 2.33. The van der Waals surface area contributed by atoms with Crippen LogP contribution in [0.3, 0.4) is 0 Å². The number of fused-ring (bicyclic) bond motifs is 3. The fourth-order valence-electron chi connectivity index (χ4n) is 3.78. The predicted molar refractivity (Wildman–Crippen MR) is 71.6 cm³/mol. The van der Waals surface area contributed by atoms with Gasteiger partial charge in [0.25, 0.3) is 0 Å². The molecule has 1 heteroatoms. The van der Waals surface area contributed by atoms with E-state index in [2.05, 4.69) is 0 Å². The van der Waals surface area contributed by atoms with Gasteiger partial charge in [0.2, 0.25) is 0 Å². The summed E-state index contributed by atoms with van der Waals surface area (Å²) in [6.45, 7) is 0. The van der Waals surface area contributed by atoms with Crippen LogP contribution < -0.4 is 0 Å². The quantitative estimate of drug-likeness (QED) is 0.498. The van der Waals surface area contributed by atoms with Crippen LogP contribution in [0.5, 0.6) is 0 Å². The Labute approximate surface area is 119 Å². The third-order valence-electron chi connectivity index (χ3n) is 4.93. The molecule has 2 saturated carbocycles. The fourth-order valence-corrected chi connectivity index (χ4v) is 3.78. The Balaban J connectivity index is 0.00000144. The molecule has 2 fully saturated rings. The van der Waals surface area contributed by atoms with Crippen molar-refractivity contribution in [3.63, 3.8) is 0 Å². The standard InChI is InChI=1S/C16H30.Mn/c1-2-6-10-16-12-8-4-3-7-11-15(9-5-1)13-14-16;/h15-16H,1-14H2;/q;+2. The van der Waals surface area contributed by atoms with Crippen LogP contribution in [0.4, 0.5) is 0 Å². The first-order chi connectivity index (χ1) is 7.95. The molecule has 1 radical (unpaired) electrons. The maximum absolute atomic E-state index is 1.56. The second-order valence-corrected chi connectivity index (χ2v) is 6.29. The second-order valence-electron chi connectivity index (χ2n) is 6.29. The third kappa shape index (κ3) is 6.30. The summed E-state index contributed by atoms with van der Waals surface area (Å²) in [6.07, 6.45) is 21.5. The first-order valence-corrected chi connectivity index (χ1v) is 7.95. The summed E-state index contributed by atoms with van der Waals surface area (Å²) in [7, 11) is 0. The Morgan fingerprint density at radius 3 is 0.941 bits per heavy atom. The van der Waals surface area contributed by atoms with E-state index in [1.165, 1.54) is 51.4 Å². The molecule has 0 nitrogen and oxygen atoms in total. The molecule has 2 aliphatic rings. The summed E-state index contributed by atoms with van der Waals surface area (Å²) in [4.78, 5) is 0. The van der Waals surface area contributed by atoms with Gasteiger partial charge in [0.15, 0.2) is 0 Å². The van der Waals surface area contributed by atoms with Gasteiger partial charge in [-0.15, -0.1) is 0 Å². The molecule has 0 N–H and O–H groups in total. The van der Waals surface area contributed by atoms with Gasteiger partial charge in [-0.3, -0.25) is 0 Å². The summed E-state index contributed by atoms with van der Waals surface area (Å²) < 4.78 is 0. The van der Waals surface area contributed by atoms with E-state index >= 15 is 0 Å². The van der Waals surface area contributed by atoms with E-state index in [0.717, 1.165) is 11.8 Å². The molecule has 0 atom stereocenters. The second kappa shape index (κ2) is 9.45. The third-order valence-corrected chi connectivity index (χ3v) is 4.93. The van der Waals surface area contributed by atoms with Crippen LogP contribution in [0.2, 0.25) is 0 Å². The van der Waals surface area contributed by atoms with Gasteiger partial charge in [-0.1, -0.05) is 89.9 Å². The molecule has 0 saturated heterocycles. The van der Waals surface area contributed by atoms with Crippen molar-refractivity contribution in [3.05, 3.63) is 0 Å². The molecule has 0 heterocycles. The van der Waals surface area contributed by atoms with E-state index < -0.39 is 0 Å². The van der Waals surface area contributed by atoms with E-state index in [0.29, 0.717) is 0 Å².